The first-order valence-corrected chi connectivity index (χ1v) is 7.88. The molecule has 1 rings (SSSR count). The number of ether oxygens (including phenoxy) is 2. The van der Waals surface area contributed by atoms with Crippen molar-refractivity contribution in [3.05, 3.63) is 0 Å². The van der Waals surface area contributed by atoms with Gasteiger partial charge in [-0.1, -0.05) is 37.8 Å². The van der Waals surface area contributed by atoms with Crippen LogP contribution in [-0.4, -0.2) is 52.2 Å². The van der Waals surface area contributed by atoms with Gasteiger partial charge in [-0.2, -0.15) is 0 Å². The lowest BCUT2D eigenvalue weighted by atomic mass is 10.0. The van der Waals surface area contributed by atoms with Crippen molar-refractivity contribution in [2.24, 2.45) is 5.92 Å². The van der Waals surface area contributed by atoms with Gasteiger partial charge in [0.05, 0.1) is 6.04 Å². The lowest BCUT2D eigenvalue weighted by Crippen LogP contribution is -2.51. The van der Waals surface area contributed by atoms with Crippen LogP contribution in [0.5, 0.6) is 0 Å². The van der Waals surface area contributed by atoms with Gasteiger partial charge >= 0.3 is 5.97 Å². The van der Waals surface area contributed by atoms with Crippen molar-refractivity contribution in [1.29, 1.82) is 0 Å². The number of methoxy groups -OCH3 is 1. The Morgan fingerprint density at radius 3 is 2.45 bits per heavy atom. The Labute approximate surface area is 129 Å². The van der Waals surface area contributed by atoms with Crippen LogP contribution in [0.1, 0.15) is 27.7 Å². The summed E-state index contributed by atoms with van der Waals surface area (Å²) >= 11 is 6.74. The van der Waals surface area contributed by atoms with Crippen LogP contribution in [0.4, 0.5) is 0 Å². The van der Waals surface area contributed by atoms with E-state index < -0.39 is 18.2 Å². The van der Waals surface area contributed by atoms with Crippen molar-refractivity contribution in [2.45, 2.75) is 45.9 Å². The van der Waals surface area contributed by atoms with Crippen molar-refractivity contribution in [3.63, 3.8) is 0 Å². The van der Waals surface area contributed by atoms with Crippen molar-refractivity contribution >= 4 is 40.2 Å². The number of thiocarbonyl (C=S) groups is 1. The molecular weight excluding hydrogens is 298 g/mol. The van der Waals surface area contributed by atoms with E-state index in [0.717, 1.165) is 5.75 Å². The standard InChI is InChI=1S/C13H21NO4S2/c1-7(2)10-6-20-13(19)14(10)12(16)11(8(3)17-5)18-9(4)15/h7-8,10-11H,6H2,1-5H3/t8-,10-,11-/m1/s1. The molecule has 0 aromatic rings. The van der Waals surface area contributed by atoms with Crippen molar-refractivity contribution in [1.82, 2.24) is 4.90 Å². The van der Waals surface area contributed by atoms with Gasteiger partial charge in [-0.25, -0.2) is 0 Å². The van der Waals surface area contributed by atoms with E-state index in [-0.39, 0.29) is 17.9 Å². The van der Waals surface area contributed by atoms with Crippen LogP contribution in [0.3, 0.4) is 0 Å². The van der Waals surface area contributed by atoms with Crippen LogP contribution in [0.25, 0.3) is 0 Å². The number of esters is 1. The molecule has 0 aliphatic carbocycles. The SMILES string of the molecule is CO[C@H](C)[C@@H](OC(C)=O)C(=O)N1C(=S)SC[C@@H]1C(C)C. The average Bonchev–Trinajstić information content (AvgIpc) is 2.76. The predicted molar refractivity (Wildman–Crippen MR) is 82.6 cm³/mol. The van der Waals surface area contributed by atoms with E-state index in [0.29, 0.717) is 4.32 Å². The molecule has 1 aliphatic heterocycles. The molecule has 1 heterocycles. The first-order valence-electron chi connectivity index (χ1n) is 6.49. The van der Waals surface area contributed by atoms with E-state index in [1.54, 1.807) is 11.8 Å². The Bertz CT molecular complexity index is 400. The molecule has 0 spiro atoms. The number of thioether (sulfide) groups is 1. The molecule has 1 fully saturated rings. The number of hydrogen-bond donors (Lipinski definition) is 0. The topological polar surface area (TPSA) is 55.8 Å². The van der Waals surface area contributed by atoms with Gasteiger partial charge in [0.15, 0.2) is 0 Å². The molecule has 114 valence electrons. The number of amides is 1. The highest BCUT2D eigenvalue weighted by atomic mass is 32.2. The van der Waals surface area contributed by atoms with E-state index in [2.05, 4.69) is 0 Å². The molecule has 0 bridgehead atoms. The minimum absolute atomic E-state index is 0.0297. The van der Waals surface area contributed by atoms with Gasteiger partial charge in [0, 0.05) is 19.8 Å². The monoisotopic (exact) mass is 319 g/mol. The smallest absolute Gasteiger partial charge is 0.303 e. The minimum Gasteiger partial charge on any atom is -0.450 e. The summed E-state index contributed by atoms with van der Waals surface area (Å²) in [4.78, 5) is 25.5. The van der Waals surface area contributed by atoms with Crippen LogP contribution < -0.4 is 0 Å². The largest absolute Gasteiger partial charge is 0.450 e. The number of carbonyl (C=O) groups excluding carboxylic acids is 2. The third kappa shape index (κ3) is 3.93. The fourth-order valence-electron chi connectivity index (χ4n) is 1.97. The van der Waals surface area contributed by atoms with Crippen LogP contribution in [0, 0.1) is 5.92 Å². The zero-order valence-electron chi connectivity index (χ0n) is 12.4. The molecule has 20 heavy (non-hydrogen) atoms. The second-order valence-electron chi connectivity index (χ2n) is 5.07. The van der Waals surface area contributed by atoms with Crippen LogP contribution in [0.2, 0.25) is 0 Å². The fraction of sp³-hybridized carbons (Fsp3) is 0.769. The fourth-order valence-corrected chi connectivity index (χ4v) is 3.61. The number of hydrogen-bond acceptors (Lipinski definition) is 6. The third-order valence-corrected chi connectivity index (χ3v) is 4.75. The zero-order chi connectivity index (χ0) is 15.4. The van der Waals surface area contributed by atoms with Gasteiger partial charge in [-0.05, 0) is 12.8 Å². The maximum atomic E-state index is 12.7. The Kier molecular flexibility index (Phi) is 6.42. The van der Waals surface area contributed by atoms with Gasteiger partial charge in [0.25, 0.3) is 5.91 Å². The Balaban J connectivity index is 2.97. The normalized spacial score (nSPS) is 22.0. The number of nitrogens with zero attached hydrogens (tertiary/aromatic N) is 1. The molecule has 1 amide bonds. The summed E-state index contributed by atoms with van der Waals surface area (Å²) in [5.41, 5.74) is 0. The summed E-state index contributed by atoms with van der Waals surface area (Å²) in [6.45, 7) is 7.06. The maximum absolute atomic E-state index is 12.7. The van der Waals surface area contributed by atoms with E-state index >= 15 is 0 Å². The van der Waals surface area contributed by atoms with Gasteiger partial charge in [0.1, 0.15) is 10.4 Å². The Morgan fingerprint density at radius 2 is 2.00 bits per heavy atom. The third-order valence-electron chi connectivity index (χ3n) is 3.25. The summed E-state index contributed by atoms with van der Waals surface area (Å²) in [6.07, 6.45) is -1.48. The number of rotatable bonds is 5. The Morgan fingerprint density at radius 1 is 1.40 bits per heavy atom. The molecule has 7 heteroatoms. The molecule has 1 saturated heterocycles. The summed E-state index contributed by atoms with van der Waals surface area (Å²) in [5.74, 6) is 0.244. The molecule has 1 aliphatic rings. The lowest BCUT2D eigenvalue weighted by molar-refractivity contribution is -0.165. The molecule has 0 aromatic carbocycles. The average molecular weight is 319 g/mol. The van der Waals surface area contributed by atoms with Gasteiger partial charge in [0.2, 0.25) is 6.10 Å². The highest BCUT2D eigenvalue weighted by Crippen LogP contribution is 2.30. The summed E-state index contributed by atoms with van der Waals surface area (Å²) in [6, 6.07) is 0.0297. The van der Waals surface area contributed by atoms with Crippen molar-refractivity contribution in [2.75, 3.05) is 12.9 Å². The van der Waals surface area contributed by atoms with Crippen molar-refractivity contribution < 1.29 is 19.1 Å². The van der Waals surface area contributed by atoms with Gasteiger partial charge in [-0.3, -0.25) is 14.5 Å². The summed E-state index contributed by atoms with van der Waals surface area (Å²) in [5, 5.41) is 0. The molecule has 0 aromatic heterocycles. The molecule has 0 radical (unpaired) electrons. The Hall–Kier alpha value is -0.660. The zero-order valence-corrected chi connectivity index (χ0v) is 14.0. The molecule has 0 unspecified atom stereocenters. The number of carbonyl (C=O) groups is 2. The van der Waals surface area contributed by atoms with E-state index in [9.17, 15) is 9.59 Å². The van der Waals surface area contributed by atoms with Crippen LogP contribution in [0.15, 0.2) is 0 Å². The van der Waals surface area contributed by atoms with Crippen LogP contribution in [-0.2, 0) is 19.1 Å². The summed E-state index contributed by atoms with van der Waals surface area (Å²) in [7, 11) is 1.48. The first-order chi connectivity index (χ1) is 9.29. The van der Waals surface area contributed by atoms with E-state index in [4.69, 9.17) is 21.7 Å². The predicted octanol–water partition coefficient (Wildman–Crippen LogP) is 1.84. The van der Waals surface area contributed by atoms with Crippen molar-refractivity contribution in [3.8, 4) is 0 Å². The second kappa shape index (κ2) is 7.38. The van der Waals surface area contributed by atoms with Gasteiger partial charge < -0.3 is 9.47 Å². The lowest BCUT2D eigenvalue weighted by Gasteiger charge is -2.31. The molecule has 0 N–H and O–H groups in total. The second-order valence-corrected chi connectivity index (χ2v) is 6.72. The highest BCUT2D eigenvalue weighted by molar-refractivity contribution is 8.23. The van der Waals surface area contributed by atoms with Crippen LogP contribution >= 0.6 is 24.0 Å². The first kappa shape index (κ1) is 17.4. The quantitative estimate of drug-likeness (QED) is 0.569. The van der Waals surface area contributed by atoms with Gasteiger partial charge in [-0.15, -0.1) is 0 Å². The van der Waals surface area contributed by atoms with E-state index in [1.165, 1.54) is 25.8 Å². The van der Waals surface area contributed by atoms with E-state index in [1.807, 2.05) is 13.8 Å². The summed E-state index contributed by atoms with van der Waals surface area (Å²) < 4.78 is 10.8. The maximum Gasteiger partial charge on any atom is 0.303 e. The molecule has 5 nitrogen and oxygen atoms in total. The molecule has 3 atom stereocenters. The molecular formula is C13H21NO4S2. The molecule has 0 saturated carbocycles. The highest BCUT2D eigenvalue weighted by Gasteiger charge is 2.41. The minimum atomic E-state index is -0.963.